The maximum absolute atomic E-state index is 14.0. The minimum absolute atomic E-state index is 0.0120. The smallest absolute Gasteiger partial charge is 0.264 e. The van der Waals surface area contributed by atoms with Crippen molar-refractivity contribution in [2.24, 2.45) is 0 Å². The monoisotopic (exact) mass is 656 g/mol. The molecule has 0 bridgehead atoms. The zero-order valence-corrected chi connectivity index (χ0v) is 26.5. The summed E-state index contributed by atoms with van der Waals surface area (Å²) in [6.07, 6.45) is 3.36. The van der Waals surface area contributed by atoms with Gasteiger partial charge in [0, 0.05) is 44.6 Å². The third kappa shape index (κ3) is 6.73. The van der Waals surface area contributed by atoms with Gasteiger partial charge in [0.15, 0.2) is 0 Å². The third-order valence-electron chi connectivity index (χ3n) is 7.72. The van der Waals surface area contributed by atoms with Crippen molar-refractivity contribution >= 4 is 50.2 Å². The highest BCUT2D eigenvalue weighted by atomic mass is 35.5. The highest BCUT2D eigenvalue weighted by Crippen LogP contribution is 2.29. The van der Waals surface area contributed by atoms with Gasteiger partial charge in [-0.05, 0) is 66.2 Å². The maximum Gasteiger partial charge on any atom is 0.264 e. The summed E-state index contributed by atoms with van der Waals surface area (Å²) in [7, 11) is -3.92. The lowest BCUT2D eigenvalue weighted by Gasteiger charge is -2.36. The fourth-order valence-electron chi connectivity index (χ4n) is 5.27. The van der Waals surface area contributed by atoms with Gasteiger partial charge in [0.2, 0.25) is 0 Å². The fraction of sp³-hybridized carbons (Fsp3) is 0.182. The molecule has 1 fully saturated rings. The summed E-state index contributed by atoms with van der Waals surface area (Å²) in [5.41, 5.74) is 3.74. The summed E-state index contributed by atoms with van der Waals surface area (Å²) in [5.74, 6) is -0.0120. The van der Waals surface area contributed by atoms with Crippen LogP contribution in [-0.2, 0) is 23.1 Å². The van der Waals surface area contributed by atoms with E-state index in [2.05, 4.69) is 16.0 Å². The van der Waals surface area contributed by atoms with E-state index in [0.29, 0.717) is 53.2 Å². The van der Waals surface area contributed by atoms with Crippen molar-refractivity contribution in [2.75, 3.05) is 35.4 Å². The van der Waals surface area contributed by atoms with Gasteiger partial charge < -0.3 is 14.4 Å². The first kappa shape index (κ1) is 30.4. The van der Waals surface area contributed by atoms with Gasteiger partial charge in [0.1, 0.15) is 0 Å². The quantitative estimate of drug-likeness (QED) is 0.197. The van der Waals surface area contributed by atoms with Crippen molar-refractivity contribution in [3.8, 4) is 6.07 Å². The van der Waals surface area contributed by atoms with Crippen LogP contribution in [0.3, 0.4) is 0 Å². The molecule has 3 heterocycles. The Morgan fingerprint density at radius 3 is 2.29 bits per heavy atom. The van der Waals surface area contributed by atoms with Gasteiger partial charge in [-0.25, -0.2) is 13.4 Å². The summed E-state index contributed by atoms with van der Waals surface area (Å²) >= 11 is 7.30. The number of hydrogen-bond donors (Lipinski definition) is 0. The summed E-state index contributed by atoms with van der Waals surface area (Å²) in [5, 5.41) is 9.12. The second kappa shape index (κ2) is 13.2. The number of hydrogen-bond acceptors (Lipinski definition) is 7. The van der Waals surface area contributed by atoms with E-state index < -0.39 is 10.0 Å². The Hall–Kier alpha value is -4.63. The topological polar surface area (TPSA) is 103 Å². The van der Waals surface area contributed by atoms with Gasteiger partial charge in [0.05, 0.1) is 50.0 Å². The first-order chi connectivity index (χ1) is 21.8. The van der Waals surface area contributed by atoms with Crippen molar-refractivity contribution in [3.63, 3.8) is 0 Å². The zero-order chi connectivity index (χ0) is 31.4. The van der Waals surface area contributed by atoms with Crippen LogP contribution in [0.4, 0.5) is 11.4 Å². The first-order valence-corrected chi connectivity index (χ1v) is 16.9. The number of aromatic nitrogens is 2. The predicted octanol–water partition coefficient (Wildman–Crippen LogP) is 5.88. The minimum Gasteiger partial charge on any atom is -0.368 e. The van der Waals surface area contributed by atoms with E-state index >= 15 is 0 Å². The lowest BCUT2D eigenvalue weighted by molar-refractivity contribution is 0.0751. The zero-order valence-electron chi connectivity index (χ0n) is 24.2. The Morgan fingerprint density at radius 1 is 0.933 bits per heavy atom. The largest absolute Gasteiger partial charge is 0.368 e. The molecule has 228 valence electrons. The molecule has 12 heteroatoms. The van der Waals surface area contributed by atoms with E-state index in [4.69, 9.17) is 16.9 Å². The first-order valence-electron chi connectivity index (χ1n) is 14.3. The standard InChI is InChI=1S/C33H29ClN6O3S2/c34-32-15-14-31(44-32)33(41)38-18-16-37(17-19-38)27-10-12-28(13-11-27)40(45(42,43)30-4-2-1-3-5-30)23-29-21-36-24-39(29)22-26-8-6-25(20-35)7-9-26/h1-15,21,24H,16-19,22-23H2. The van der Waals surface area contributed by atoms with E-state index in [0.717, 1.165) is 16.9 Å². The number of piperazine rings is 1. The van der Waals surface area contributed by atoms with Crippen molar-refractivity contribution in [1.29, 1.82) is 5.26 Å². The van der Waals surface area contributed by atoms with Crippen LogP contribution in [-0.4, -0.2) is 55.0 Å². The van der Waals surface area contributed by atoms with Gasteiger partial charge in [-0.1, -0.05) is 41.9 Å². The molecule has 1 saturated heterocycles. The SMILES string of the molecule is N#Cc1ccc(Cn2cncc2CN(c2ccc(N3CCN(C(=O)c4ccc(Cl)s4)CC3)cc2)S(=O)(=O)c2ccccc2)cc1. The highest BCUT2D eigenvalue weighted by Gasteiger charge is 2.27. The lowest BCUT2D eigenvalue weighted by Crippen LogP contribution is -2.48. The number of benzene rings is 3. The van der Waals surface area contributed by atoms with Gasteiger partial charge >= 0.3 is 0 Å². The van der Waals surface area contributed by atoms with Gasteiger partial charge in [-0.2, -0.15) is 5.26 Å². The van der Waals surface area contributed by atoms with Crippen LogP contribution >= 0.6 is 22.9 Å². The second-order valence-electron chi connectivity index (χ2n) is 10.5. The average molecular weight is 657 g/mol. The fourth-order valence-corrected chi connectivity index (χ4v) is 7.74. The molecule has 45 heavy (non-hydrogen) atoms. The molecule has 3 aromatic carbocycles. The Balaban J connectivity index is 1.22. The molecule has 0 atom stereocenters. The van der Waals surface area contributed by atoms with Gasteiger partial charge in [-0.3, -0.25) is 9.10 Å². The van der Waals surface area contributed by atoms with Crippen LogP contribution < -0.4 is 9.21 Å². The molecule has 0 radical (unpaired) electrons. The average Bonchev–Trinajstić information content (AvgIpc) is 3.72. The predicted molar refractivity (Wildman–Crippen MR) is 176 cm³/mol. The minimum atomic E-state index is -3.92. The number of amides is 1. The lowest BCUT2D eigenvalue weighted by atomic mass is 10.1. The molecule has 6 rings (SSSR count). The Labute approximate surface area is 271 Å². The van der Waals surface area contributed by atoms with Crippen LogP contribution in [0.1, 0.15) is 26.5 Å². The van der Waals surface area contributed by atoms with Crippen molar-refractivity contribution in [2.45, 2.75) is 18.0 Å². The number of carbonyl (C=O) groups excluding carboxylic acids is 1. The normalized spacial score (nSPS) is 13.4. The number of halogens is 1. The number of anilines is 2. The Kier molecular flexibility index (Phi) is 8.89. The molecule has 9 nitrogen and oxygen atoms in total. The Morgan fingerprint density at radius 2 is 1.64 bits per heavy atom. The van der Waals surface area contributed by atoms with E-state index in [1.165, 1.54) is 15.6 Å². The number of imidazole rings is 1. The number of sulfonamides is 1. The molecule has 2 aromatic heterocycles. The van der Waals surface area contributed by atoms with Crippen LogP contribution in [0.25, 0.3) is 0 Å². The molecule has 0 aliphatic carbocycles. The maximum atomic E-state index is 14.0. The van der Waals surface area contributed by atoms with Gasteiger partial charge in [-0.15, -0.1) is 11.3 Å². The summed E-state index contributed by atoms with van der Waals surface area (Å²) in [6.45, 7) is 3.02. The van der Waals surface area contributed by atoms with Crippen molar-refractivity contribution < 1.29 is 13.2 Å². The van der Waals surface area contributed by atoms with Crippen LogP contribution in [0.2, 0.25) is 4.34 Å². The van der Waals surface area contributed by atoms with Crippen LogP contribution in [0.5, 0.6) is 0 Å². The molecule has 0 N–H and O–H groups in total. The number of rotatable bonds is 9. The Bertz CT molecular complexity index is 1930. The van der Waals surface area contributed by atoms with E-state index in [1.807, 2.05) is 45.9 Å². The van der Waals surface area contributed by atoms with Gasteiger partial charge in [0.25, 0.3) is 15.9 Å². The van der Waals surface area contributed by atoms with Crippen LogP contribution in [0, 0.1) is 11.3 Å². The summed E-state index contributed by atoms with van der Waals surface area (Å²) < 4.78 is 31.9. The summed E-state index contributed by atoms with van der Waals surface area (Å²) in [6, 6.07) is 28.8. The van der Waals surface area contributed by atoms with E-state index in [9.17, 15) is 13.2 Å². The molecule has 5 aromatic rings. The molecule has 1 aliphatic heterocycles. The van der Waals surface area contributed by atoms with E-state index in [-0.39, 0.29) is 17.3 Å². The molecular weight excluding hydrogens is 628 g/mol. The molecule has 0 saturated carbocycles. The number of carbonyl (C=O) groups is 1. The second-order valence-corrected chi connectivity index (χ2v) is 14.1. The number of thiophene rings is 1. The van der Waals surface area contributed by atoms with Crippen molar-refractivity contribution in [1.82, 2.24) is 14.5 Å². The summed E-state index contributed by atoms with van der Waals surface area (Å²) in [4.78, 5) is 22.0. The number of nitriles is 1. The van der Waals surface area contributed by atoms with Crippen LogP contribution in [0.15, 0.2) is 108 Å². The molecule has 0 unspecified atom stereocenters. The van der Waals surface area contributed by atoms with E-state index in [1.54, 1.807) is 67.1 Å². The molecule has 0 spiro atoms. The van der Waals surface area contributed by atoms with Crippen molar-refractivity contribution in [3.05, 3.63) is 130 Å². The molecule has 1 amide bonds. The third-order valence-corrected chi connectivity index (χ3v) is 10.7. The molecule has 1 aliphatic rings. The molecular formula is C33H29ClN6O3S2. The highest BCUT2D eigenvalue weighted by molar-refractivity contribution is 7.92. The number of nitrogens with zero attached hydrogens (tertiary/aromatic N) is 6.